The van der Waals surface area contributed by atoms with E-state index in [0.717, 1.165) is 25.7 Å². The lowest BCUT2D eigenvalue weighted by atomic mass is 10.0. The third kappa shape index (κ3) is 3.96. The second kappa shape index (κ2) is 6.16. The summed E-state index contributed by atoms with van der Waals surface area (Å²) in [5.74, 6) is 0. The number of sulfonamides is 1. The van der Waals surface area contributed by atoms with Crippen LogP contribution in [-0.4, -0.2) is 29.9 Å². The van der Waals surface area contributed by atoms with Crippen molar-refractivity contribution in [1.82, 2.24) is 4.72 Å². The number of hydrogen-bond acceptors (Lipinski definition) is 2. The molecule has 0 unspecified atom stereocenters. The monoisotopic (exact) mass is 375 g/mol. The number of halogens is 2. The first-order valence-electron chi connectivity index (χ1n) is 5.58. The lowest BCUT2D eigenvalue weighted by Crippen LogP contribution is -2.52. The molecule has 0 radical (unpaired) electrons. The quantitative estimate of drug-likeness (QED) is 0.750. The van der Waals surface area contributed by atoms with Crippen molar-refractivity contribution in [2.45, 2.75) is 49.8 Å². The van der Waals surface area contributed by atoms with Crippen LogP contribution in [0.25, 0.3) is 0 Å². The zero-order chi connectivity index (χ0) is 12.2. The summed E-state index contributed by atoms with van der Waals surface area (Å²) in [6, 6.07) is 0. The molecule has 6 heteroatoms. The van der Waals surface area contributed by atoms with Crippen molar-refractivity contribution < 1.29 is 8.42 Å². The van der Waals surface area contributed by atoms with Crippen molar-refractivity contribution in [3.8, 4) is 0 Å². The fourth-order valence-electron chi connectivity index (χ4n) is 1.89. The van der Waals surface area contributed by atoms with Gasteiger partial charge >= 0.3 is 0 Å². The van der Waals surface area contributed by atoms with Gasteiger partial charge in [-0.05, 0) is 19.8 Å². The molecule has 1 fully saturated rings. The van der Waals surface area contributed by atoms with E-state index in [1.165, 1.54) is 6.42 Å². The van der Waals surface area contributed by atoms with E-state index in [1.54, 1.807) is 0 Å². The minimum atomic E-state index is -3.18. The van der Waals surface area contributed by atoms with Gasteiger partial charge in [0.25, 0.3) is 0 Å². The number of hydrogen-bond donors (Lipinski definition) is 1. The van der Waals surface area contributed by atoms with Gasteiger partial charge in [-0.3, -0.25) is 0 Å². The normalized spacial score (nSPS) is 19.9. The zero-order valence-corrected chi connectivity index (χ0v) is 13.5. The molecular formula is C10H19Br2NO2S. The highest BCUT2D eigenvalue weighted by Crippen LogP contribution is 2.25. The van der Waals surface area contributed by atoms with Crippen molar-refractivity contribution in [2.75, 3.05) is 10.7 Å². The van der Waals surface area contributed by atoms with E-state index in [1.807, 2.05) is 6.92 Å². The maximum atomic E-state index is 12.2. The molecule has 1 rings (SSSR count). The molecule has 1 N–H and O–H groups in total. The first-order valence-corrected chi connectivity index (χ1v) is 9.37. The maximum Gasteiger partial charge on any atom is 0.215 e. The molecule has 0 aromatic carbocycles. The van der Waals surface area contributed by atoms with Crippen molar-refractivity contribution in [2.24, 2.45) is 0 Å². The Morgan fingerprint density at radius 3 is 2.12 bits per heavy atom. The van der Waals surface area contributed by atoms with E-state index >= 15 is 0 Å². The molecule has 0 amide bonds. The maximum absolute atomic E-state index is 12.2. The van der Waals surface area contributed by atoms with E-state index < -0.39 is 15.6 Å². The van der Waals surface area contributed by atoms with Crippen LogP contribution in [0.3, 0.4) is 0 Å². The summed E-state index contributed by atoms with van der Waals surface area (Å²) in [5.41, 5.74) is -0.434. The molecule has 1 saturated carbocycles. The Morgan fingerprint density at radius 1 is 1.19 bits per heavy atom. The van der Waals surface area contributed by atoms with E-state index in [4.69, 9.17) is 0 Å². The molecule has 0 heterocycles. The van der Waals surface area contributed by atoms with Crippen LogP contribution in [0.2, 0.25) is 0 Å². The standard InChI is InChI=1S/C10H19Br2NO2S/c1-10(7-11,8-12)13-16(14,15)9-5-3-2-4-6-9/h9,13H,2-8H2,1H3. The molecule has 0 aliphatic heterocycles. The van der Waals surface area contributed by atoms with Gasteiger partial charge in [0, 0.05) is 16.2 Å². The van der Waals surface area contributed by atoms with Gasteiger partial charge in [-0.1, -0.05) is 51.1 Å². The molecule has 96 valence electrons. The van der Waals surface area contributed by atoms with Gasteiger partial charge in [-0.2, -0.15) is 0 Å². The predicted octanol–water partition coefficient (Wildman–Crippen LogP) is 2.79. The second-order valence-electron chi connectivity index (χ2n) is 4.74. The number of rotatable bonds is 5. The highest BCUT2D eigenvalue weighted by molar-refractivity contribution is 9.09. The van der Waals surface area contributed by atoms with Gasteiger partial charge in [-0.25, -0.2) is 13.1 Å². The van der Waals surface area contributed by atoms with Crippen LogP contribution in [0.4, 0.5) is 0 Å². The second-order valence-corrected chi connectivity index (χ2v) is 7.82. The molecule has 0 aromatic rings. The molecule has 1 aliphatic carbocycles. The fraction of sp³-hybridized carbons (Fsp3) is 1.00. The van der Waals surface area contributed by atoms with E-state index in [2.05, 4.69) is 36.6 Å². The third-order valence-electron chi connectivity index (χ3n) is 2.97. The summed E-state index contributed by atoms with van der Waals surface area (Å²) in [7, 11) is -3.18. The molecule has 3 nitrogen and oxygen atoms in total. The molecule has 16 heavy (non-hydrogen) atoms. The Balaban J connectivity index is 2.70. The van der Waals surface area contributed by atoms with E-state index in [-0.39, 0.29) is 5.25 Å². The van der Waals surface area contributed by atoms with Crippen LogP contribution >= 0.6 is 31.9 Å². The van der Waals surface area contributed by atoms with Crippen molar-refractivity contribution >= 4 is 41.9 Å². The van der Waals surface area contributed by atoms with Crippen LogP contribution in [0.5, 0.6) is 0 Å². The van der Waals surface area contributed by atoms with E-state index in [9.17, 15) is 8.42 Å². The summed E-state index contributed by atoms with van der Waals surface area (Å²) >= 11 is 6.70. The Hall–Kier alpha value is 0.870. The largest absolute Gasteiger partial charge is 0.215 e. The molecule has 0 spiro atoms. The van der Waals surface area contributed by atoms with Gasteiger partial charge in [0.05, 0.1) is 5.25 Å². The fourth-order valence-corrected chi connectivity index (χ4v) is 5.42. The predicted molar refractivity (Wildman–Crippen MR) is 74.9 cm³/mol. The summed E-state index contributed by atoms with van der Waals surface area (Å²) < 4.78 is 27.1. The summed E-state index contributed by atoms with van der Waals surface area (Å²) in [6.45, 7) is 1.90. The molecule has 0 bridgehead atoms. The van der Waals surface area contributed by atoms with Gasteiger partial charge in [0.2, 0.25) is 10.0 Å². The minimum absolute atomic E-state index is 0.196. The molecule has 0 saturated heterocycles. The van der Waals surface area contributed by atoms with Gasteiger partial charge in [0.1, 0.15) is 0 Å². The number of alkyl halides is 2. The van der Waals surface area contributed by atoms with Crippen LogP contribution in [0.1, 0.15) is 39.0 Å². The number of nitrogens with one attached hydrogen (secondary N) is 1. The Kier molecular flexibility index (Phi) is 5.75. The van der Waals surface area contributed by atoms with Gasteiger partial charge < -0.3 is 0 Å². The van der Waals surface area contributed by atoms with Crippen LogP contribution in [0.15, 0.2) is 0 Å². The van der Waals surface area contributed by atoms with Crippen molar-refractivity contribution in [3.05, 3.63) is 0 Å². The van der Waals surface area contributed by atoms with Crippen LogP contribution in [0, 0.1) is 0 Å². The van der Waals surface area contributed by atoms with E-state index in [0.29, 0.717) is 10.7 Å². The Bertz CT molecular complexity index is 309. The highest BCUT2D eigenvalue weighted by Gasteiger charge is 2.33. The lowest BCUT2D eigenvalue weighted by molar-refractivity contribution is 0.456. The van der Waals surface area contributed by atoms with Crippen molar-refractivity contribution in [3.63, 3.8) is 0 Å². The first-order chi connectivity index (χ1) is 7.43. The van der Waals surface area contributed by atoms with Gasteiger partial charge in [0.15, 0.2) is 0 Å². The van der Waals surface area contributed by atoms with Gasteiger partial charge in [-0.15, -0.1) is 0 Å². The highest BCUT2D eigenvalue weighted by atomic mass is 79.9. The van der Waals surface area contributed by atoms with Crippen LogP contribution < -0.4 is 4.72 Å². The Morgan fingerprint density at radius 2 is 1.69 bits per heavy atom. The molecule has 1 aliphatic rings. The summed E-state index contributed by atoms with van der Waals surface area (Å²) in [5, 5.41) is 1.02. The Labute approximate surface area is 115 Å². The third-order valence-corrected chi connectivity index (χ3v) is 7.57. The van der Waals surface area contributed by atoms with Crippen LogP contribution in [-0.2, 0) is 10.0 Å². The summed E-state index contributed by atoms with van der Waals surface area (Å²) in [4.78, 5) is 0. The smallest absolute Gasteiger partial charge is 0.212 e. The summed E-state index contributed by atoms with van der Waals surface area (Å²) in [6.07, 6.45) is 4.84. The topological polar surface area (TPSA) is 46.2 Å². The minimum Gasteiger partial charge on any atom is -0.212 e. The zero-order valence-electron chi connectivity index (χ0n) is 9.51. The lowest BCUT2D eigenvalue weighted by Gasteiger charge is -2.30. The average Bonchev–Trinajstić information content (AvgIpc) is 2.29. The molecular weight excluding hydrogens is 358 g/mol. The van der Waals surface area contributed by atoms with Crippen molar-refractivity contribution in [1.29, 1.82) is 0 Å². The average molecular weight is 377 g/mol. The molecule has 0 atom stereocenters. The molecule has 0 aromatic heterocycles. The SMILES string of the molecule is CC(CBr)(CBr)NS(=O)(=O)C1CCCCC1. The first kappa shape index (κ1) is 14.9.